The zero-order valence-corrected chi connectivity index (χ0v) is 21.3. The van der Waals surface area contributed by atoms with Crippen molar-refractivity contribution in [1.82, 2.24) is 0 Å². The van der Waals surface area contributed by atoms with Gasteiger partial charge < -0.3 is 10.2 Å². The summed E-state index contributed by atoms with van der Waals surface area (Å²) in [5.74, 6) is 1.29. The molecule has 3 nitrogen and oxygen atoms in total. The molecule has 0 saturated carbocycles. The molecule has 0 aliphatic heterocycles. The number of hydrogen-bond donors (Lipinski definition) is 1. The number of para-hydroxylation sites is 2. The average Bonchev–Trinajstić information content (AvgIpc) is 2.87. The molecule has 3 rings (SSSR count). The van der Waals surface area contributed by atoms with Gasteiger partial charge in [0, 0.05) is 24.3 Å². The van der Waals surface area contributed by atoms with Gasteiger partial charge in [0.05, 0.1) is 5.69 Å². The third kappa shape index (κ3) is 5.78. The Labute approximate surface area is 204 Å². The van der Waals surface area contributed by atoms with Crippen LogP contribution >= 0.6 is 11.6 Å². The van der Waals surface area contributed by atoms with Gasteiger partial charge in [-0.1, -0.05) is 76.2 Å². The van der Waals surface area contributed by atoms with Crippen LogP contribution in [0.3, 0.4) is 0 Å². The largest absolute Gasteiger partial charge is 0.326 e. The first-order valence-electron chi connectivity index (χ1n) is 12.0. The van der Waals surface area contributed by atoms with Gasteiger partial charge in [0.2, 0.25) is 5.96 Å². The maximum Gasteiger partial charge on any atom is 0.208 e. The van der Waals surface area contributed by atoms with Gasteiger partial charge >= 0.3 is 0 Å². The molecule has 174 valence electrons. The van der Waals surface area contributed by atoms with Crippen molar-refractivity contribution in [2.45, 2.75) is 59.3 Å². The van der Waals surface area contributed by atoms with Gasteiger partial charge in [-0.05, 0) is 65.6 Å². The summed E-state index contributed by atoms with van der Waals surface area (Å²) in [5, 5.41) is 3.62. The van der Waals surface area contributed by atoms with Crippen LogP contribution in [-0.2, 0) is 31.6 Å². The van der Waals surface area contributed by atoms with Crippen molar-refractivity contribution in [3.63, 3.8) is 0 Å². The fourth-order valence-corrected chi connectivity index (χ4v) is 4.43. The quantitative estimate of drug-likeness (QED) is 0.209. The van der Waals surface area contributed by atoms with Crippen molar-refractivity contribution in [2.75, 3.05) is 17.3 Å². The predicted molar refractivity (Wildman–Crippen MR) is 146 cm³/mol. The normalized spacial score (nSPS) is 11.5. The molecule has 0 amide bonds. The molecular formula is C29H36ClN3. The number of nitrogens with one attached hydrogen (secondary N) is 1. The lowest BCUT2D eigenvalue weighted by Gasteiger charge is -2.28. The van der Waals surface area contributed by atoms with E-state index < -0.39 is 0 Å². The molecule has 0 bridgehead atoms. The van der Waals surface area contributed by atoms with E-state index in [0.29, 0.717) is 5.88 Å². The van der Waals surface area contributed by atoms with Crippen molar-refractivity contribution >= 4 is 34.6 Å². The number of nitrogens with zero attached hydrogens (tertiary/aromatic N) is 2. The Morgan fingerprint density at radius 2 is 1.30 bits per heavy atom. The first-order valence-corrected chi connectivity index (χ1v) is 12.5. The Balaban J connectivity index is 2.20. The summed E-state index contributed by atoms with van der Waals surface area (Å²) < 4.78 is 0. The summed E-state index contributed by atoms with van der Waals surface area (Å²) in [5.41, 5.74) is 9.52. The summed E-state index contributed by atoms with van der Waals surface area (Å²) in [6.07, 6.45) is 3.82. The second-order valence-electron chi connectivity index (χ2n) is 8.22. The van der Waals surface area contributed by atoms with Crippen molar-refractivity contribution in [3.8, 4) is 0 Å². The Kier molecular flexibility index (Phi) is 8.96. The summed E-state index contributed by atoms with van der Waals surface area (Å²) in [7, 11) is 2.12. The zero-order valence-electron chi connectivity index (χ0n) is 20.6. The molecule has 3 aromatic rings. The molecule has 0 aliphatic carbocycles. The van der Waals surface area contributed by atoms with Gasteiger partial charge in [0.15, 0.2) is 0 Å². The smallest absolute Gasteiger partial charge is 0.208 e. The third-order valence-corrected chi connectivity index (χ3v) is 6.45. The standard InChI is InChI=1S/C29H36ClN3/c1-6-22-14-11-15-23(7-2)27(22)32-29(31-26-18-10-13-21(19-26)20-30)33(5)28-24(8-3)16-12-17-25(28)9-4/h10-19H,6-9,20H2,1-5H3,(H,31,32). The molecule has 0 saturated heterocycles. The second kappa shape index (κ2) is 11.9. The summed E-state index contributed by atoms with van der Waals surface area (Å²) in [6, 6.07) is 21.3. The van der Waals surface area contributed by atoms with E-state index in [1.54, 1.807) is 0 Å². The van der Waals surface area contributed by atoms with Crippen LogP contribution in [0.5, 0.6) is 0 Å². The first kappa shape index (κ1) is 24.9. The Morgan fingerprint density at radius 1 is 0.788 bits per heavy atom. The molecule has 0 radical (unpaired) electrons. The molecule has 0 spiro atoms. The molecule has 3 aromatic carbocycles. The lowest BCUT2D eigenvalue weighted by molar-refractivity contribution is 1.04. The van der Waals surface area contributed by atoms with Gasteiger partial charge in [0.25, 0.3) is 0 Å². The van der Waals surface area contributed by atoms with Crippen molar-refractivity contribution in [3.05, 3.63) is 88.5 Å². The average molecular weight is 462 g/mol. The van der Waals surface area contributed by atoms with Crippen LogP contribution in [0.4, 0.5) is 17.1 Å². The van der Waals surface area contributed by atoms with Crippen LogP contribution in [0.2, 0.25) is 0 Å². The molecule has 1 N–H and O–H groups in total. The Morgan fingerprint density at radius 3 is 1.82 bits per heavy atom. The maximum atomic E-state index is 6.11. The highest BCUT2D eigenvalue weighted by Crippen LogP contribution is 2.30. The van der Waals surface area contributed by atoms with Gasteiger partial charge in [-0.2, -0.15) is 0 Å². The fraction of sp³-hybridized carbons (Fsp3) is 0.345. The number of aryl methyl sites for hydroxylation is 4. The Bertz CT molecular complexity index is 1060. The minimum atomic E-state index is 0.481. The van der Waals surface area contributed by atoms with E-state index in [0.717, 1.165) is 48.6 Å². The van der Waals surface area contributed by atoms with Crippen molar-refractivity contribution in [1.29, 1.82) is 0 Å². The summed E-state index contributed by atoms with van der Waals surface area (Å²) >= 11 is 6.11. The van der Waals surface area contributed by atoms with E-state index in [4.69, 9.17) is 16.6 Å². The number of rotatable bonds is 8. The lowest BCUT2D eigenvalue weighted by atomic mass is 10.0. The minimum Gasteiger partial charge on any atom is -0.326 e. The number of benzene rings is 3. The topological polar surface area (TPSA) is 27.6 Å². The number of hydrogen-bond acceptors (Lipinski definition) is 1. The van der Waals surface area contributed by atoms with Crippen LogP contribution in [-0.4, -0.2) is 13.0 Å². The highest BCUT2D eigenvalue weighted by atomic mass is 35.5. The molecule has 0 aliphatic rings. The van der Waals surface area contributed by atoms with Crippen molar-refractivity contribution in [2.24, 2.45) is 4.99 Å². The van der Waals surface area contributed by atoms with Crippen LogP contribution in [0.15, 0.2) is 65.7 Å². The number of anilines is 2. The highest BCUT2D eigenvalue weighted by Gasteiger charge is 2.18. The van der Waals surface area contributed by atoms with E-state index in [2.05, 4.69) is 93.5 Å². The molecular weight excluding hydrogens is 426 g/mol. The lowest BCUT2D eigenvalue weighted by Crippen LogP contribution is -2.34. The summed E-state index contributed by atoms with van der Waals surface area (Å²) in [4.78, 5) is 7.50. The first-order chi connectivity index (χ1) is 16.1. The number of alkyl halides is 1. The van der Waals surface area contributed by atoms with Gasteiger partial charge in [-0.3, -0.25) is 0 Å². The molecule has 0 aromatic heterocycles. The van der Waals surface area contributed by atoms with Crippen molar-refractivity contribution < 1.29 is 0 Å². The van der Waals surface area contributed by atoms with Crippen LogP contribution in [0.25, 0.3) is 0 Å². The van der Waals surface area contributed by atoms with Crippen LogP contribution < -0.4 is 10.2 Å². The maximum absolute atomic E-state index is 6.11. The molecule has 0 heterocycles. The molecule has 33 heavy (non-hydrogen) atoms. The van der Waals surface area contributed by atoms with Crippen LogP contribution in [0, 0.1) is 0 Å². The molecule has 0 fully saturated rings. The SMILES string of the molecule is CCc1cccc(CC)c1N=C(Nc1cccc(CCl)c1)N(C)c1c(CC)cccc1CC. The molecule has 0 unspecified atom stereocenters. The predicted octanol–water partition coefficient (Wildman–Crippen LogP) is 7.91. The molecule has 0 atom stereocenters. The van der Waals surface area contributed by atoms with E-state index in [-0.39, 0.29) is 0 Å². The highest BCUT2D eigenvalue weighted by molar-refractivity contribution is 6.17. The van der Waals surface area contributed by atoms with E-state index in [1.807, 2.05) is 12.1 Å². The fourth-order valence-electron chi connectivity index (χ4n) is 4.26. The number of halogens is 1. The second-order valence-corrected chi connectivity index (χ2v) is 8.48. The monoisotopic (exact) mass is 461 g/mol. The number of aliphatic imine (C=N–C) groups is 1. The number of guanidine groups is 1. The molecule has 4 heteroatoms. The summed E-state index contributed by atoms with van der Waals surface area (Å²) in [6.45, 7) is 8.80. The van der Waals surface area contributed by atoms with Gasteiger partial charge in [0.1, 0.15) is 0 Å². The van der Waals surface area contributed by atoms with E-state index in [9.17, 15) is 0 Å². The zero-order chi connectivity index (χ0) is 23.8. The van der Waals surface area contributed by atoms with Crippen LogP contribution in [0.1, 0.15) is 55.5 Å². The van der Waals surface area contributed by atoms with E-state index >= 15 is 0 Å². The third-order valence-electron chi connectivity index (χ3n) is 6.14. The van der Waals surface area contributed by atoms with E-state index in [1.165, 1.54) is 27.9 Å². The minimum absolute atomic E-state index is 0.481. The van der Waals surface area contributed by atoms with Gasteiger partial charge in [-0.25, -0.2) is 4.99 Å². The van der Waals surface area contributed by atoms with Gasteiger partial charge in [-0.15, -0.1) is 11.6 Å². The Hall–Kier alpha value is -2.78.